The molecule has 0 fully saturated rings. The fourth-order valence-electron chi connectivity index (χ4n) is 2.31. The molecule has 2 heterocycles. The van der Waals surface area contributed by atoms with Gasteiger partial charge in [0.1, 0.15) is 6.54 Å². The number of hydrogen-bond acceptors (Lipinski definition) is 4. The average Bonchev–Trinajstić information content (AvgIpc) is 2.82. The zero-order valence-electron chi connectivity index (χ0n) is 12.8. The summed E-state index contributed by atoms with van der Waals surface area (Å²) in [6, 6.07) is 5.26. The number of hydrogen-bond donors (Lipinski definition) is 2. The molecule has 0 atom stereocenters. The van der Waals surface area contributed by atoms with Gasteiger partial charge in [0.05, 0.1) is 5.54 Å². The number of aromatic nitrogens is 3. The highest BCUT2D eigenvalue weighted by Crippen LogP contribution is 2.12. The zero-order valence-corrected chi connectivity index (χ0v) is 13.6. The van der Waals surface area contributed by atoms with Crippen molar-refractivity contribution in [2.75, 3.05) is 6.54 Å². The van der Waals surface area contributed by atoms with Crippen molar-refractivity contribution in [3.63, 3.8) is 0 Å². The summed E-state index contributed by atoms with van der Waals surface area (Å²) in [5.41, 5.74) is 5.53. The third-order valence-corrected chi connectivity index (χ3v) is 3.93. The SMILES string of the molecule is CCC(CC)(CN)NC(=O)Cn1nc2ccccn2c1=O.Cl. The zero-order chi connectivity index (χ0) is 15.5. The molecule has 0 aromatic carbocycles. The summed E-state index contributed by atoms with van der Waals surface area (Å²) in [7, 11) is 0. The van der Waals surface area contributed by atoms with Gasteiger partial charge in [0, 0.05) is 12.7 Å². The normalized spacial score (nSPS) is 11.2. The van der Waals surface area contributed by atoms with Crippen LogP contribution in [0.2, 0.25) is 0 Å². The maximum absolute atomic E-state index is 12.2. The lowest BCUT2D eigenvalue weighted by atomic mass is 9.93. The molecule has 0 unspecified atom stereocenters. The molecule has 0 bridgehead atoms. The Kier molecular flexibility index (Phi) is 6.13. The minimum Gasteiger partial charge on any atom is -0.348 e. The number of rotatable bonds is 6. The third-order valence-electron chi connectivity index (χ3n) is 3.93. The second kappa shape index (κ2) is 7.42. The number of nitrogens with two attached hydrogens (primary N) is 1. The lowest BCUT2D eigenvalue weighted by Crippen LogP contribution is -2.54. The number of amides is 1. The van der Waals surface area contributed by atoms with Crippen molar-refractivity contribution in [3.8, 4) is 0 Å². The van der Waals surface area contributed by atoms with E-state index in [1.165, 1.54) is 4.40 Å². The fourth-order valence-corrected chi connectivity index (χ4v) is 2.31. The molecule has 0 aliphatic heterocycles. The topological polar surface area (TPSA) is 94.4 Å². The van der Waals surface area contributed by atoms with Crippen LogP contribution in [0.5, 0.6) is 0 Å². The van der Waals surface area contributed by atoms with Gasteiger partial charge in [-0.3, -0.25) is 9.20 Å². The van der Waals surface area contributed by atoms with Crippen molar-refractivity contribution in [1.82, 2.24) is 19.5 Å². The molecule has 1 amide bonds. The van der Waals surface area contributed by atoms with E-state index in [9.17, 15) is 9.59 Å². The number of carbonyl (C=O) groups is 1. The van der Waals surface area contributed by atoms with Crippen LogP contribution in [0.15, 0.2) is 29.2 Å². The smallest absolute Gasteiger partial charge is 0.348 e. The van der Waals surface area contributed by atoms with E-state index in [-0.39, 0.29) is 30.5 Å². The Hall–Kier alpha value is -1.86. The molecule has 3 N–H and O–H groups in total. The molecular formula is C14H22ClN5O2. The third kappa shape index (κ3) is 3.48. The largest absolute Gasteiger partial charge is 0.350 e. The van der Waals surface area contributed by atoms with Crippen LogP contribution in [0.25, 0.3) is 5.65 Å². The Morgan fingerprint density at radius 1 is 1.36 bits per heavy atom. The minimum atomic E-state index is -0.417. The highest BCUT2D eigenvalue weighted by atomic mass is 35.5. The van der Waals surface area contributed by atoms with Crippen molar-refractivity contribution in [2.24, 2.45) is 5.73 Å². The van der Waals surface area contributed by atoms with Gasteiger partial charge in [-0.2, -0.15) is 0 Å². The first kappa shape index (κ1) is 18.2. The molecule has 0 aliphatic rings. The van der Waals surface area contributed by atoms with Crippen LogP contribution < -0.4 is 16.7 Å². The van der Waals surface area contributed by atoms with E-state index in [1.54, 1.807) is 24.4 Å². The van der Waals surface area contributed by atoms with Crippen LogP contribution in [-0.4, -0.2) is 32.2 Å². The lowest BCUT2D eigenvalue weighted by Gasteiger charge is -2.31. The second-order valence-electron chi connectivity index (χ2n) is 5.11. The average molecular weight is 328 g/mol. The molecule has 8 heteroatoms. The predicted molar refractivity (Wildman–Crippen MR) is 87.2 cm³/mol. The Balaban J connectivity index is 0.00000242. The molecule has 0 spiro atoms. The quantitative estimate of drug-likeness (QED) is 0.810. The van der Waals surface area contributed by atoms with Crippen molar-refractivity contribution < 1.29 is 4.79 Å². The number of nitrogens with one attached hydrogen (secondary N) is 1. The van der Waals surface area contributed by atoms with Crippen molar-refractivity contribution in [3.05, 3.63) is 34.9 Å². The fraction of sp³-hybridized carbons (Fsp3) is 0.500. The number of nitrogens with zero attached hydrogens (tertiary/aromatic N) is 3. The number of carbonyl (C=O) groups excluding carboxylic acids is 1. The summed E-state index contributed by atoms with van der Waals surface area (Å²) in [4.78, 5) is 24.3. The first-order chi connectivity index (χ1) is 10.0. The van der Waals surface area contributed by atoms with E-state index in [1.807, 2.05) is 13.8 Å². The first-order valence-electron chi connectivity index (χ1n) is 7.10. The predicted octanol–water partition coefficient (Wildman–Crippen LogP) is 0.552. The van der Waals surface area contributed by atoms with Gasteiger partial charge in [-0.1, -0.05) is 19.9 Å². The molecule has 0 saturated carbocycles. The summed E-state index contributed by atoms with van der Waals surface area (Å²) >= 11 is 0. The summed E-state index contributed by atoms with van der Waals surface area (Å²) in [6.07, 6.45) is 3.11. The van der Waals surface area contributed by atoms with E-state index in [0.717, 1.165) is 17.5 Å². The molecule has 122 valence electrons. The minimum absolute atomic E-state index is 0. The maximum Gasteiger partial charge on any atom is 0.350 e. The van der Waals surface area contributed by atoms with E-state index in [4.69, 9.17) is 5.73 Å². The van der Waals surface area contributed by atoms with Gasteiger partial charge >= 0.3 is 5.69 Å². The van der Waals surface area contributed by atoms with Crippen LogP contribution in [0.1, 0.15) is 26.7 Å². The second-order valence-corrected chi connectivity index (χ2v) is 5.11. The van der Waals surface area contributed by atoms with Gasteiger partial charge in [-0.15, -0.1) is 17.5 Å². The summed E-state index contributed by atoms with van der Waals surface area (Å²) in [5.74, 6) is -0.255. The van der Waals surface area contributed by atoms with Crippen LogP contribution in [-0.2, 0) is 11.3 Å². The van der Waals surface area contributed by atoms with Crippen LogP contribution in [0.4, 0.5) is 0 Å². The molecule has 0 saturated heterocycles. The summed E-state index contributed by atoms with van der Waals surface area (Å²) < 4.78 is 2.57. The molecule has 2 rings (SSSR count). The van der Waals surface area contributed by atoms with Gasteiger partial charge in [0.25, 0.3) is 0 Å². The van der Waals surface area contributed by atoms with E-state index in [2.05, 4.69) is 10.4 Å². The van der Waals surface area contributed by atoms with Gasteiger partial charge < -0.3 is 11.1 Å². The molecule has 0 aliphatic carbocycles. The molecule has 2 aromatic rings. The maximum atomic E-state index is 12.2. The van der Waals surface area contributed by atoms with Gasteiger partial charge in [-0.25, -0.2) is 9.48 Å². The van der Waals surface area contributed by atoms with E-state index < -0.39 is 5.54 Å². The van der Waals surface area contributed by atoms with Gasteiger partial charge in [0.2, 0.25) is 5.91 Å². The Morgan fingerprint density at radius 2 is 2.05 bits per heavy atom. The molecule has 7 nitrogen and oxygen atoms in total. The Morgan fingerprint density at radius 3 is 2.59 bits per heavy atom. The van der Waals surface area contributed by atoms with Crippen molar-refractivity contribution in [1.29, 1.82) is 0 Å². The molecule has 2 aromatic heterocycles. The summed E-state index contributed by atoms with van der Waals surface area (Å²) in [6.45, 7) is 4.22. The lowest BCUT2D eigenvalue weighted by molar-refractivity contribution is -0.123. The monoisotopic (exact) mass is 327 g/mol. The van der Waals surface area contributed by atoms with Crippen molar-refractivity contribution >= 4 is 24.0 Å². The highest BCUT2D eigenvalue weighted by Gasteiger charge is 2.26. The molecule has 22 heavy (non-hydrogen) atoms. The molecule has 0 radical (unpaired) electrons. The van der Waals surface area contributed by atoms with E-state index >= 15 is 0 Å². The Labute approximate surface area is 134 Å². The van der Waals surface area contributed by atoms with Crippen LogP contribution in [0, 0.1) is 0 Å². The Bertz CT molecular complexity index is 682. The van der Waals surface area contributed by atoms with Crippen LogP contribution >= 0.6 is 12.4 Å². The summed E-state index contributed by atoms with van der Waals surface area (Å²) in [5, 5.41) is 7.06. The van der Waals surface area contributed by atoms with Crippen molar-refractivity contribution in [2.45, 2.75) is 38.8 Å². The number of fused-ring (bicyclic) bond motifs is 1. The number of pyridine rings is 1. The number of halogens is 1. The molecular weight excluding hydrogens is 306 g/mol. The standard InChI is InChI=1S/C14H21N5O2.ClH/c1-3-14(4-2,10-15)16-12(20)9-19-13(21)18-8-6-5-7-11(18)17-19;/h5-8H,3-4,9-10,15H2,1-2H3,(H,16,20);1H. The van der Waals surface area contributed by atoms with Gasteiger partial charge in [0.15, 0.2) is 5.65 Å². The van der Waals surface area contributed by atoms with Crippen LogP contribution in [0.3, 0.4) is 0 Å². The van der Waals surface area contributed by atoms with E-state index in [0.29, 0.717) is 12.2 Å². The highest BCUT2D eigenvalue weighted by molar-refractivity contribution is 5.85. The first-order valence-corrected chi connectivity index (χ1v) is 7.10. The van der Waals surface area contributed by atoms with Gasteiger partial charge in [-0.05, 0) is 25.0 Å².